The van der Waals surface area contributed by atoms with Crippen LogP contribution in [0, 0.1) is 5.82 Å². The van der Waals surface area contributed by atoms with Gasteiger partial charge in [0.1, 0.15) is 12.4 Å². The molecule has 0 unspecified atom stereocenters. The molecule has 0 aliphatic heterocycles. The van der Waals surface area contributed by atoms with Crippen molar-refractivity contribution in [3.63, 3.8) is 0 Å². The molecule has 0 aliphatic carbocycles. The Hall–Kier alpha value is -1.95. The van der Waals surface area contributed by atoms with Crippen LogP contribution in [0.1, 0.15) is 10.4 Å². The molecular formula is C11H12FNO4. The smallest absolute Gasteiger partial charge is 0.340 e. The number of benzene rings is 1. The van der Waals surface area contributed by atoms with Crippen molar-refractivity contribution >= 4 is 17.6 Å². The Labute approximate surface area is 97.5 Å². The number of amides is 1. The lowest BCUT2D eigenvalue weighted by atomic mass is 10.2. The molecule has 0 heterocycles. The number of carbonyl (C=O) groups is 2. The highest BCUT2D eigenvalue weighted by molar-refractivity contribution is 5.95. The maximum absolute atomic E-state index is 13.3. The fourth-order valence-corrected chi connectivity index (χ4v) is 1.20. The zero-order valence-electron chi connectivity index (χ0n) is 9.45. The van der Waals surface area contributed by atoms with Crippen LogP contribution in [0.5, 0.6) is 0 Å². The normalized spacial score (nSPS) is 9.82. The highest BCUT2D eigenvalue weighted by Gasteiger charge is 2.13. The molecule has 0 bridgehead atoms. The third-order valence-corrected chi connectivity index (χ3v) is 1.93. The zero-order valence-corrected chi connectivity index (χ0v) is 9.45. The number of methoxy groups -OCH3 is 2. The summed E-state index contributed by atoms with van der Waals surface area (Å²) in [6.07, 6.45) is 0. The fraction of sp³-hybridized carbons (Fsp3) is 0.273. The average molecular weight is 241 g/mol. The fourth-order valence-electron chi connectivity index (χ4n) is 1.20. The molecule has 17 heavy (non-hydrogen) atoms. The molecule has 6 heteroatoms. The molecule has 0 saturated heterocycles. The van der Waals surface area contributed by atoms with Crippen LogP contribution < -0.4 is 5.32 Å². The van der Waals surface area contributed by atoms with Crippen molar-refractivity contribution in [2.45, 2.75) is 0 Å². The molecule has 1 aromatic carbocycles. The Kier molecular flexibility index (Phi) is 4.59. The number of halogens is 1. The van der Waals surface area contributed by atoms with Gasteiger partial charge < -0.3 is 14.8 Å². The minimum Gasteiger partial charge on any atom is -0.465 e. The van der Waals surface area contributed by atoms with Gasteiger partial charge in [-0.1, -0.05) is 0 Å². The van der Waals surface area contributed by atoms with Gasteiger partial charge in [-0.15, -0.1) is 0 Å². The number of anilines is 1. The largest absolute Gasteiger partial charge is 0.465 e. The van der Waals surface area contributed by atoms with Crippen molar-refractivity contribution in [2.75, 3.05) is 26.1 Å². The summed E-state index contributed by atoms with van der Waals surface area (Å²) >= 11 is 0. The minimum absolute atomic E-state index is 0.120. The van der Waals surface area contributed by atoms with E-state index in [0.29, 0.717) is 5.69 Å². The summed E-state index contributed by atoms with van der Waals surface area (Å²) in [5, 5.41) is 2.45. The summed E-state index contributed by atoms with van der Waals surface area (Å²) in [4.78, 5) is 22.4. The second-order valence-electron chi connectivity index (χ2n) is 3.17. The molecule has 1 aromatic rings. The molecular weight excluding hydrogens is 229 g/mol. The van der Waals surface area contributed by atoms with E-state index in [2.05, 4.69) is 14.8 Å². The Morgan fingerprint density at radius 1 is 1.35 bits per heavy atom. The number of hydrogen-bond acceptors (Lipinski definition) is 4. The van der Waals surface area contributed by atoms with Gasteiger partial charge in [-0.05, 0) is 18.2 Å². The highest BCUT2D eigenvalue weighted by atomic mass is 19.1. The lowest BCUT2D eigenvalue weighted by molar-refractivity contribution is -0.119. The van der Waals surface area contributed by atoms with Gasteiger partial charge in [0, 0.05) is 12.8 Å². The average Bonchev–Trinajstić information content (AvgIpc) is 2.31. The lowest BCUT2D eigenvalue weighted by Gasteiger charge is -2.07. The molecule has 1 amide bonds. The second-order valence-corrected chi connectivity index (χ2v) is 3.17. The molecule has 0 aromatic heterocycles. The first-order valence-electron chi connectivity index (χ1n) is 4.75. The van der Waals surface area contributed by atoms with Crippen LogP contribution in [0.15, 0.2) is 18.2 Å². The van der Waals surface area contributed by atoms with Crippen molar-refractivity contribution in [3.05, 3.63) is 29.6 Å². The van der Waals surface area contributed by atoms with E-state index in [-0.39, 0.29) is 12.2 Å². The monoisotopic (exact) mass is 241 g/mol. The molecule has 1 rings (SSSR count). The van der Waals surface area contributed by atoms with E-state index in [0.717, 1.165) is 13.2 Å². The van der Waals surface area contributed by atoms with Crippen LogP contribution in [0.25, 0.3) is 0 Å². The molecule has 0 aliphatic rings. The SMILES string of the molecule is COCC(=O)Nc1ccc(F)c(C(=O)OC)c1. The van der Waals surface area contributed by atoms with Crippen molar-refractivity contribution in [3.8, 4) is 0 Å². The van der Waals surface area contributed by atoms with Crippen LogP contribution in [0.4, 0.5) is 10.1 Å². The molecule has 0 radical (unpaired) electrons. The number of hydrogen-bond donors (Lipinski definition) is 1. The molecule has 0 saturated carbocycles. The number of esters is 1. The van der Waals surface area contributed by atoms with Crippen molar-refractivity contribution in [2.24, 2.45) is 0 Å². The summed E-state index contributed by atoms with van der Waals surface area (Å²) in [7, 11) is 2.53. The van der Waals surface area contributed by atoms with E-state index in [4.69, 9.17) is 0 Å². The molecule has 1 N–H and O–H groups in total. The minimum atomic E-state index is -0.801. The van der Waals surface area contributed by atoms with Crippen LogP contribution in [0.3, 0.4) is 0 Å². The number of ether oxygens (including phenoxy) is 2. The Morgan fingerprint density at radius 2 is 2.06 bits per heavy atom. The van der Waals surface area contributed by atoms with Gasteiger partial charge in [-0.3, -0.25) is 4.79 Å². The maximum Gasteiger partial charge on any atom is 0.340 e. The van der Waals surface area contributed by atoms with Gasteiger partial charge in [0.15, 0.2) is 0 Å². The van der Waals surface area contributed by atoms with Gasteiger partial charge in [-0.2, -0.15) is 0 Å². The van der Waals surface area contributed by atoms with Gasteiger partial charge in [0.05, 0.1) is 12.7 Å². The number of nitrogens with one attached hydrogen (secondary N) is 1. The first-order valence-corrected chi connectivity index (χ1v) is 4.75. The van der Waals surface area contributed by atoms with Crippen LogP contribution in [-0.2, 0) is 14.3 Å². The predicted molar refractivity (Wildman–Crippen MR) is 58.2 cm³/mol. The van der Waals surface area contributed by atoms with Gasteiger partial charge in [0.25, 0.3) is 0 Å². The summed E-state index contributed by atoms with van der Waals surface area (Å²) in [5.74, 6) is -1.90. The Balaban J connectivity index is 2.89. The highest BCUT2D eigenvalue weighted by Crippen LogP contribution is 2.15. The number of carbonyl (C=O) groups excluding carboxylic acids is 2. The molecule has 5 nitrogen and oxygen atoms in total. The van der Waals surface area contributed by atoms with Gasteiger partial charge >= 0.3 is 5.97 Å². The lowest BCUT2D eigenvalue weighted by Crippen LogP contribution is -2.17. The molecule has 0 spiro atoms. The first-order chi connectivity index (χ1) is 8.08. The van der Waals surface area contributed by atoms with Crippen molar-refractivity contribution in [1.82, 2.24) is 0 Å². The second kappa shape index (κ2) is 5.95. The van der Waals surface area contributed by atoms with E-state index in [1.807, 2.05) is 0 Å². The zero-order chi connectivity index (χ0) is 12.8. The summed E-state index contributed by atoms with van der Waals surface area (Å²) in [5.41, 5.74) is 0.0663. The Morgan fingerprint density at radius 3 is 2.65 bits per heavy atom. The standard InChI is InChI=1S/C11H12FNO4/c1-16-6-10(14)13-7-3-4-9(12)8(5-7)11(15)17-2/h3-5H,6H2,1-2H3,(H,13,14). The third kappa shape index (κ3) is 3.53. The molecule has 0 fully saturated rings. The summed E-state index contributed by atoms with van der Waals surface area (Å²) in [6.45, 7) is -0.120. The van der Waals surface area contributed by atoms with Gasteiger partial charge in [0.2, 0.25) is 5.91 Å². The van der Waals surface area contributed by atoms with E-state index < -0.39 is 17.7 Å². The summed E-state index contributed by atoms with van der Waals surface area (Å²) < 4.78 is 22.3. The van der Waals surface area contributed by atoms with Gasteiger partial charge in [-0.25, -0.2) is 9.18 Å². The number of rotatable bonds is 4. The topological polar surface area (TPSA) is 64.6 Å². The van der Waals surface area contributed by atoms with Crippen LogP contribution in [0.2, 0.25) is 0 Å². The van der Waals surface area contributed by atoms with Crippen LogP contribution in [-0.4, -0.2) is 32.7 Å². The first kappa shape index (κ1) is 13.1. The van der Waals surface area contributed by atoms with E-state index >= 15 is 0 Å². The van der Waals surface area contributed by atoms with E-state index in [1.54, 1.807) is 0 Å². The van der Waals surface area contributed by atoms with Crippen molar-refractivity contribution < 1.29 is 23.5 Å². The van der Waals surface area contributed by atoms with E-state index in [1.165, 1.54) is 19.2 Å². The maximum atomic E-state index is 13.3. The van der Waals surface area contributed by atoms with E-state index in [9.17, 15) is 14.0 Å². The third-order valence-electron chi connectivity index (χ3n) is 1.93. The Bertz CT molecular complexity index is 433. The summed E-state index contributed by atoms with van der Waals surface area (Å²) in [6, 6.07) is 3.62. The quantitative estimate of drug-likeness (QED) is 0.804. The molecule has 0 atom stereocenters. The van der Waals surface area contributed by atoms with Crippen LogP contribution >= 0.6 is 0 Å². The predicted octanol–water partition coefficient (Wildman–Crippen LogP) is 1.20. The van der Waals surface area contributed by atoms with Crippen molar-refractivity contribution in [1.29, 1.82) is 0 Å². The molecule has 92 valence electrons.